The van der Waals surface area contributed by atoms with Crippen LogP contribution in [-0.4, -0.2) is 40.7 Å². The summed E-state index contributed by atoms with van der Waals surface area (Å²) in [7, 11) is 0. The minimum Gasteiger partial charge on any atom is -0.481 e. The number of carboxylic acid groups (broad SMARTS) is 1. The predicted molar refractivity (Wildman–Crippen MR) is 119 cm³/mol. The number of aliphatic hydroxyl groups is 1. The molecule has 3 fully saturated rings. The van der Waals surface area contributed by atoms with E-state index in [1.54, 1.807) is 0 Å². The van der Waals surface area contributed by atoms with Crippen LogP contribution < -0.4 is 11.5 Å². The molecule has 6 heteroatoms. The first-order chi connectivity index (χ1) is 14.6. The fraction of sp³-hybridized carbons (Fsp3) is 0.840. The minimum absolute atomic E-state index is 0.00903. The van der Waals surface area contributed by atoms with Gasteiger partial charge >= 0.3 is 5.97 Å². The molecule has 2 unspecified atom stereocenters. The van der Waals surface area contributed by atoms with Crippen LogP contribution in [0, 0.1) is 40.4 Å². The third-order valence-corrected chi connectivity index (χ3v) is 10.1. The molecule has 174 valence electrons. The summed E-state index contributed by atoms with van der Waals surface area (Å²) in [6, 6.07) is -0.403. The van der Waals surface area contributed by atoms with Crippen molar-refractivity contribution < 1.29 is 19.8 Å². The van der Waals surface area contributed by atoms with Crippen LogP contribution in [0.15, 0.2) is 11.6 Å². The fourth-order valence-electron chi connectivity index (χ4n) is 8.43. The molecule has 0 aliphatic heterocycles. The standard InChI is InChI=1S/C25H40N2O4/c1-24-11-10-17-15(16(24)8-9-21(24)29)7-6-14-12-20(28)23(19(27)13-26)18(25(14,17)2)4-3-5-22(30)31/h12,15-19,21,23,29H,3-11,13,26-27H2,1-2H3,(H,30,31)/t15-,16-,17-,18-,19?,21-,23?,24-,25-/m0/s1. The van der Waals surface area contributed by atoms with Gasteiger partial charge in [0.25, 0.3) is 0 Å². The van der Waals surface area contributed by atoms with Crippen molar-refractivity contribution in [2.24, 2.45) is 51.9 Å². The third kappa shape index (κ3) is 3.50. The molecule has 0 aromatic rings. The minimum atomic E-state index is -0.794. The number of carbonyl (C=O) groups excluding carboxylic acids is 1. The number of carbonyl (C=O) groups is 2. The lowest BCUT2D eigenvalue weighted by atomic mass is 9.43. The van der Waals surface area contributed by atoms with Gasteiger partial charge in [0.15, 0.2) is 5.78 Å². The van der Waals surface area contributed by atoms with Crippen LogP contribution in [0.5, 0.6) is 0 Å². The highest BCUT2D eigenvalue weighted by atomic mass is 16.4. The van der Waals surface area contributed by atoms with Gasteiger partial charge in [0.1, 0.15) is 0 Å². The summed E-state index contributed by atoms with van der Waals surface area (Å²) in [5.74, 6) is 0.502. The van der Waals surface area contributed by atoms with Gasteiger partial charge in [0.05, 0.1) is 6.10 Å². The van der Waals surface area contributed by atoms with E-state index in [1.807, 2.05) is 6.08 Å². The first-order valence-corrected chi connectivity index (χ1v) is 12.2. The van der Waals surface area contributed by atoms with Gasteiger partial charge in [-0.1, -0.05) is 19.4 Å². The summed E-state index contributed by atoms with van der Waals surface area (Å²) in [5, 5.41) is 19.9. The number of aliphatic hydroxyl groups excluding tert-OH is 1. The molecule has 0 saturated heterocycles. The summed E-state index contributed by atoms with van der Waals surface area (Å²) in [5.41, 5.74) is 13.4. The lowest BCUT2D eigenvalue weighted by Gasteiger charge is -2.61. The van der Waals surface area contributed by atoms with Crippen LogP contribution in [0.25, 0.3) is 0 Å². The van der Waals surface area contributed by atoms with Gasteiger partial charge in [-0.3, -0.25) is 9.59 Å². The van der Waals surface area contributed by atoms with Gasteiger partial charge < -0.3 is 21.7 Å². The number of fused-ring (bicyclic) bond motifs is 5. The van der Waals surface area contributed by atoms with Crippen LogP contribution in [0.1, 0.15) is 71.6 Å². The Bertz CT molecular complexity index is 767. The number of ketones is 1. The van der Waals surface area contributed by atoms with E-state index in [9.17, 15) is 19.8 Å². The Morgan fingerprint density at radius 2 is 1.97 bits per heavy atom. The van der Waals surface area contributed by atoms with Gasteiger partial charge in [-0.25, -0.2) is 0 Å². The number of hydrogen-bond donors (Lipinski definition) is 4. The molecule has 0 spiro atoms. The van der Waals surface area contributed by atoms with Crippen molar-refractivity contribution in [3.05, 3.63) is 11.6 Å². The van der Waals surface area contributed by atoms with Crippen LogP contribution >= 0.6 is 0 Å². The Balaban J connectivity index is 1.72. The van der Waals surface area contributed by atoms with Gasteiger partial charge in [-0.2, -0.15) is 0 Å². The van der Waals surface area contributed by atoms with Crippen molar-refractivity contribution in [1.29, 1.82) is 0 Å². The zero-order valence-electron chi connectivity index (χ0n) is 19.1. The molecule has 0 bridgehead atoms. The third-order valence-electron chi connectivity index (χ3n) is 10.1. The van der Waals surface area contributed by atoms with E-state index >= 15 is 0 Å². The highest BCUT2D eigenvalue weighted by molar-refractivity contribution is 5.94. The highest BCUT2D eigenvalue weighted by Gasteiger charge is 2.62. The predicted octanol–water partition coefficient (Wildman–Crippen LogP) is 2.87. The van der Waals surface area contributed by atoms with Crippen LogP contribution in [-0.2, 0) is 9.59 Å². The van der Waals surface area contributed by atoms with Crippen LogP contribution in [0.2, 0.25) is 0 Å². The second-order valence-corrected chi connectivity index (χ2v) is 11.2. The Kier molecular flexibility index (Phi) is 6.12. The van der Waals surface area contributed by atoms with E-state index in [0.29, 0.717) is 30.6 Å². The molecule has 0 radical (unpaired) electrons. The molecule has 9 atom stereocenters. The number of carboxylic acids is 1. The summed E-state index contributed by atoms with van der Waals surface area (Å²) in [4.78, 5) is 24.4. The van der Waals surface area contributed by atoms with Crippen LogP contribution in [0.3, 0.4) is 0 Å². The maximum Gasteiger partial charge on any atom is 0.303 e. The molecule has 4 aliphatic carbocycles. The zero-order chi connectivity index (χ0) is 22.6. The molecule has 4 aliphatic rings. The largest absolute Gasteiger partial charge is 0.481 e. The Morgan fingerprint density at radius 3 is 2.65 bits per heavy atom. The normalized spacial score (nSPS) is 45.3. The molecule has 4 rings (SSSR count). The van der Waals surface area contributed by atoms with E-state index in [0.717, 1.165) is 38.5 Å². The Hall–Kier alpha value is -1.24. The topological polar surface area (TPSA) is 127 Å². The number of allylic oxidation sites excluding steroid dienone is 1. The first kappa shape index (κ1) is 22.9. The summed E-state index contributed by atoms with van der Waals surface area (Å²) in [6.45, 7) is 4.87. The van der Waals surface area contributed by atoms with Crippen molar-refractivity contribution in [3.63, 3.8) is 0 Å². The quantitative estimate of drug-likeness (QED) is 0.511. The lowest BCUT2D eigenvalue weighted by Crippen LogP contribution is -2.58. The van der Waals surface area contributed by atoms with Gasteiger partial charge in [0, 0.05) is 24.9 Å². The van der Waals surface area contributed by atoms with E-state index in [1.165, 1.54) is 5.57 Å². The summed E-state index contributed by atoms with van der Waals surface area (Å²) >= 11 is 0. The van der Waals surface area contributed by atoms with Crippen molar-refractivity contribution in [3.8, 4) is 0 Å². The summed E-state index contributed by atoms with van der Waals surface area (Å²) < 4.78 is 0. The second-order valence-electron chi connectivity index (χ2n) is 11.2. The van der Waals surface area contributed by atoms with E-state index in [-0.39, 0.29) is 47.5 Å². The smallest absolute Gasteiger partial charge is 0.303 e. The average Bonchev–Trinajstić information content (AvgIpc) is 3.03. The van der Waals surface area contributed by atoms with E-state index in [4.69, 9.17) is 11.5 Å². The number of nitrogens with two attached hydrogens (primary N) is 2. The molecule has 0 heterocycles. The zero-order valence-corrected chi connectivity index (χ0v) is 19.1. The molecular weight excluding hydrogens is 392 g/mol. The number of hydrogen-bond acceptors (Lipinski definition) is 5. The number of aliphatic carboxylic acids is 1. The molecule has 6 N–H and O–H groups in total. The molecule has 3 saturated carbocycles. The van der Waals surface area contributed by atoms with Gasteiger partial charge in [-0.05, 0) is 91.9 Å². The van der Waals surface area contributed by atoms with E-state index in [2.05, 4.69) is 13.8 Å². The molecule has 6 nitrogen and oxygen atoms in total. The Labute approximate surface area is 185 Å². The summed E-state index contributed by atoms with van der Waals surface area (Å²) in [6.07, 6.45) is 9.09. The van der Waals surface area contributed by atoms with Gasteiger partial charge in [0.2, 0.25) is 0 Å². The molecule has 0 aromatic heterocycles. The molecule has 0 amide bonds. The Morgan fingerprint density at radius 1 is 1.23 bits per heavy atom. The SMILES string of the molecule is C[C@]12CC[C@H]3[C@@H](CCC4=CC(=O)C(C(N)CN)[C@H](CCCC(=O)O)[C@@]43C)[C@@H]1CC[C@@H]2O. The maximum absolute atomic E-state index is 13.2. The monoisotopic (exact) mass is 432 g/mol. The first-order valence-electron chi connectivity index (χ1n) is 12.2. The number of rotatable bonds is 6. The van der Waals surface area contributed by atoms with Gasteiger partial charge in [-0.15, -0.1) is 0 Å². The maximum atomic E-state index is 13.2. The van der Waals surface area contributed by atoms with Crippen LogP contribution in [0.4, 0.5) is 0 Å². The fourth-order valence-corrected chi connectivity index (χ4v) is 8.43. The average molecular weight is 433 g/mol. The van der Waals surface area contributed by atoms with Crippen molar-refractivity contribution in [2.45, 2.75) is 83.8 Å². The highest BCUT2D eigenvalue weighted by Crippen LogP contribution is 2.67. The van der Waals surface area contributed by atoms with Crippen molar-refractivity contribution in [2.75, 3.05) is 6.54 Å². The van der Waals surface area contributed by atoms with Crippen molar-refractivity contribution in [1.82, 2.24) is 0 Å². The molecular formula is C25H40N2O4. The van der Waals surface area contributed by atoms with Crippen molar-refractivity contribution >= 4 is 11.8 Å². The molecule has 0 aromatic carbocycles. The molecule has 31 heavy (non-hydrogen) atoms. The lowest BCUT2D eigenvalue weighted by molar-refractivity contribution is -0.137. The van der Waals surface area contributed by atoms with E-state index < -0.39 is 12.0 Å². The second kappa shape index (κ2) is 8.27.